The number of hydrogen-bond acceptors (Lipinski definition) is 3. The lowest BCUT2D eigenvalue weighted by atomic mass is 9.86. The van der Waals surface area contributed by atoms with Crippen LogP contribution in [0.3, 0.4) is 0 Å². The molecule has 3 atom stereocenters. The first kappa shape index (κ1) is 18.6. The molecule has 2 aliphatic heterocycles. The maximum absolute atomic E-state index is 13.7. The Bertz CT molecular complexity index is 757. The van der Waals surface area contributed by atoms with E-state index in [1.807, 2.05) is 6.92 Å². The Kier molecular flexibility index (Phi) is 5.18. The number of nitrogens with zero attached hydrogens (tertiary/aromatic N) is 2. The number of carbonyl (C=O) groups is 3. The van der Waals surface area contributed by atoms with E-state index < -0.39 is 23.6 Å². The number of carboxylic acids is 1. The lowest BCUT2D eigenvalue weighted by molar-refractivity contribution is -0.149. The standard InChI is InChI=1S/C18H20ClFN2O4/c1-10-8-21(5-4-13(10)18(25)26)17(24)11-6-16(23)22(9-11)12-2-3-14(19)15(20)7-12/h2-3,7,10-11,13H,4-6,8-9H2,1H3,(H,25,26). The molecule has 3 unspecified atom stereocenters. The highest BCUT2D eigenvalue weighted by Gasteiger charge is 2.40. The van der Waals surface area contributed by atoms with Crippen LogP contribution in [-0.2, 0) is 14.4 Å². The Hall–Kier alpha value is -2.15. The van der Waals surface area contributed by atoms with E-state index in [0.717, 1.165) is 0 Å². The maximum Gasteiger partial charge on any atom is 0.306 e. The minimum absolute atomic E-state index is 0.0247. The van der Waals surface area contributed by atoms with Crippen LogP contribution in [0.25, 0.3) is 0 Å². The van der Waals surface area contributed by atoms with Gasteiger partial charge in [-0.1, -0.05) is 18.5 Å². The average Bonchev–Trinajstić information content (AvgIpc) is 2.98. The van der Waals surface area contributed by atoms with Gasteiger partial charge >= 0.3 is 5.97 Å². The van der Waals surface area contributed by atoms with E-state index in [0.29, 0.717) is 25.2 Å². The number of hydrogen-bond donors (Lipinski definition) is 1. The minimum Gasteiger partial charge on any atom is -0.481 e. The van der Waals surface area contributed by atoms with Gasteiger partial charge in [-0.3, -0.25) is 14.4 Å². The Morgan fingerprint density at radius 1 is 1.31 bits per heavy atom. The van der Waals surface area contributed by atoms with Crippen LogP contribution >= 0.6 is 11.6 Å². The first-order valence-electron chi connectivity index (χ1n) is 8.55. The first-order valence-corrected chi connectivity index (χ1v) is 8.92. The SMILES string of the molecule is CC1CN(C(=O)C2CC(=O)N(c3ccc(Cl)c(F)c3)C2)CCC1C(=O)O. The van der Waals surface area contributed by atoms with Crippen molar-refractivity contribution < 1.29 is 23.9 Å². The van der Waals surface area contributed by atoms with E-state index >= 15 is 0 Å². The molecule has 140 valence electrons. The van der Waals surface area contributed by atoms with Crippen molar-refractivity contribution in [2.24, 2.45) is 17.8 Å². The Morgan fingerprint density at radius 2 is 2.04 bits per heavy atom. The molecule has 3 rings (SSSR count). The number of halogens is 2. The van der Waals surface area contributed by atoms with Crippen LogP contribution in [0.15, 0.2) is 18.2 Å². The van der Waals surface area contributed by atoms with Crippen LogP contribution in [0.5, 0.6) is 0 Å². The molecule has 0 bridgehead atoms. The van der Waals surface area contributed by atoms with Gasteiger partial charge < -0.3 is 14.9 Å². The average molecular weight is 383 g/mol. The topological polar surface area (TPSA) is 77.9 Å². The fraction of sp³-hybridized carbons (Fsp3) is 0.500. The van der Waals surface area contributed by atoms with Gasteiger partial charge in [0.2, 0.25) is 11.8 Å². The fourth-order valence-electron chi connectivity index (χ4n) is 3.75. The van der Waals surface area contributed by atoms with E-state index in [-0.39, 0.29) is 35.7 Å². The van der Waals surface area contributed by atoms with Crippen molar-refractivity contribution in [1.82, 2.24) is 4.90 Å². The molecule has 1 aromatic carbocycles. The summed E-state index contributed by atoms with van der Waals surface area (Å²) in [7, 11) is 0. The third-order valence-electron chi connectivity index (χ3n) is 5.22. The normalized spacial score (nSPS) is 26.3. The molecule has 2 aliphatic rings. The highest BCUT2D eigenvalue weighted by Crippen LogP contribution is 2.31. The predicted molar refractivity (Wildman–Crippen MR) is 93.4 cm³/mol. The summed E-state index contributed by atoms with van der Waals surface area (Å²) in [6, 6.07) is 4.12. The summed E-state index contributed by atoms with van der Waals surface area (Å²) < 4.78 is 13.7. The second-order valence-electron chi connectivity index (χ2n) is 7.00. The Labute approximate surface area is 155 Å². The van der Waals surface area contributed by atoms with Crippen molar-refractivity contribution in [1.29, 1.82) is 0 Å². The molecule has 26 heavy (non-hydrogen) atoms. The maximum atomic E-state index is 13.7. The summed E-state index contributed by atoms with van der Waals surface area (Å²) in [5.41, 5.74) is 0.380. The second kappa shape index (κ2) is 7.23. The third kappa shape index (κ3) is 3.53. The summed E-state index contributed by atoms with van der Waals surface area (Å²) in [6.07, 6.45) is 0.478. The predicted octanol–water partition coefficient (Wildman–Crippen LogP) is 2.40. The van der Waals surface area contributed by atoms with Crippen LogP contribution in [0.2, 0.25) is 5.02 Å². The van der Waals surface area contributed by atoms with Crippen LogP contribution in [0, 0.1) is 23.6 Å². The van der Waals surface area contributed by atoms with Crippen LogP contribution in [0.4, 0.5) is 10.1 Å². The number of anilines is 1. The monoisotopic (exact) mass is 382 g/mol. The number of carbonyl (C=O) groups excluding carboxylic acids is 2. The summed E-state index contributed by atoms with van der Waals surface area (Å²) in [4.78, 5) is 39.3. The van der Waals surface area contributed by atoms with Crippen molar-refractivity contribution in [2.75, 3.05) is 24.5 Å². The third-order valence-corrected chi connectivity index (χ3v) is 5.53. The zero-order valence-corrected chi connectivity index (χ0v) is 15.1. The molecule has 2 amide bonds. The lowest BCUT2D eigenvalue weighted by Crippen LogP contribution is -2.47. The molecular formula is C18H20ClFN2O4. The molecule has 2 fully saturated rings. The van der Waals surface area contributed by atoms with Gasteiger partial charge in [0.1, 0.15) is 5.82 Å². The summed E-state index contributed by atoms with van der Waals surface area (Å²) in [5, 5.41) is 9.16. The highest BCUT2D eigenvalue weighted by atomic mass is 35.5. The molecular weight excluding hydrogens is 363 g/mol. The van der Waals surface area contributed by atoms with Crippen molar-refractivity contribution in [3.8, 4) is 0 Å². The lowest BCUT2D eigenvalue weighted by Gasteiger charge is -2.36. The summed E-state index contributed by atoms with van der Waals surface area (Å²) >= 11 is 5.67. The number of likely N-dealkylation sites (tertiary alicyclic amines) is 1. The zero-order valence-electron chi connectivity index (χ0n) is 14.3. The number of piperidine rings is 1. The molecule has 0 aliphatic carbocycles. The van der Waals surface area contributed by atoms with Gasteiger partial charge in [0.25, 0.3) is 0 Å². The molecule has 1 aromatic rings. The number of rotatable bonds is 3. The first-order chi connectivity index (χ1) is 12.3. The van der Waals surface area contributed by atoms with Gasteiger partial charge in [0.05, 0.1) is 16.9 Å². The van der Waals surface area contributed by atoms with Crippen molar-refractivity contribution in [3.05, 3.63) is 29.0 Å². The van der Waals surface area contributed by atoms with Gasteiger partial charge in [-0.05, 0) is 30.5 Å². The summed E-state index contributed by atoms with van der Waals surface area (Å²) in [6.45, 7) is 2.75. The van der Waals surface area contributed by atoms with Crippen molar-refractivity contribution in [3.63, 3.8) is 0 Å². The molecule has 2 heterocycles. The van der Waals surface area contributed by atoms with Gasteiger partial charge in [0.15, 0.2) is 0 Å². The molecule has 0 aromatic heterocycles. The van der Waals surface area contributed by atoms with Gasteiger partial charge in [-0.15, -0.1) is 0 Å². The smallest absolute Gasteiger partial charge is 0.306 e. The highest BCUT2D eigenvalue weighted by molar-refractivity contribution is 6.30. The molecule has 0 saturated carbocycles. The van der Waals surface area contributed by atoms with Crippen molar-refractivity contribution >= 4 is 35.1 Å². The van der Waals surface area contributed by atoms with Gasteiger partial charge in [0, 0.05) is 31.7 Å². The van der Waals surface area contributed by atoms with Crippen LogP contribution in [0.1, 0.15) is 19.8 Å². The number of amides is 2. The molecule has 1 N–H and O–H groups in total. The quantitative estimate of drug-likeness (QED) is 0.870. The summed E-state index contributed by atoms with van der Waals surface area (Å²) in [5.74, 6) is -2.92. The molecule has 0 spiro atoms. The van der Waals surface area contributed by atoms with Crippen LogP contribution in [-0.4, -0.2) is 47.4 Å². The molecule has 0 radical (unpaired) electrons. The van der Waals surface area contributed by atoms with Crippen LogP contribution < -0.4 is 4.90 Å². The van der Waals surface area contributed by atoms with E-state index in [1.54, 1.807) is 11.0 Å². The number of aliphatic carboxylic acids is 1. The van der Waals surface area contributed by atoms with E-state index in [1.165, 1.54) is 17.0 Å². The van der Waals surface area contributed by atoms with Gasteiger partial charge in [-0.25, -0.2) is 4.39 Å². The second-order valence-corrected chi connectivity index (χ2v) is 7.41. The molecule has 6 nitrogen and oxygen atoms in total. The minimum atomic E-state index is -0.836. The Morgan fingerprint density at radius 3 is 2.65 bits per heavy atom. The van der Waals surface area contributed by atoms with E-state index in [4.69, 9.17) is 11.6 Å². The number of benzene rings is 1. The van der Waals surface area contributed by atoms with Gasteiger partial charge in [-0.2, -0.15) is 0 Å². The molecule has 8 heteroatoms. The largest absolute Gasteiger partial charge is 0.481 e. The number of carboxylic acid groups (broad SMARTS) is 1. The fourth-order valence-corrected chi connectivity index (χ4v) is 3.86. The van der Waals surface area contributed by atoms with Crippen molar-refractivity contribution in [2.45, 2.75) is 19.8 Å². The van der Waals surface area contributed by atoms with E-state index in [9.17, 15) is 23.9 Å². The zero-order chi connectivity index (χ0) is 19.0. The van der Waals surface area contributed by atoms with E-state index in [2.05, 4.69) is 0 Å². The Balaban J connectivity index is 1.67. The molecule has 2 saturated heterocycles.